The summed E-state index contributed by atoms with van der Waals surface area (Å²) in [5.74, 6) is 2.81. The van der Waals surface area contributed by atoms with Crippen LogP contribution in [0.5, 0.6) is 0 Å². The highest BCUT2D eigenvalue weighted by Gasteiger charge is 2.19. The molecule has 1 aromatic heterocycles. The minimum Gasteiger partial charge on any atom is -0.370 e. The van der Waals surface area contributed by atoms with E-state index in [1.807, 2.05) is 6.92 Å². The maximum absolute atomic E-state index is 4.63. The molecule has 5 heteroatoms. The molecule has 1 aliphatic rings. The lowest BCUT2D eigenvalue weighted by Gasteiger charge is -2.35. The normalized spacial score (nSPS) is 15.5. The minimum absolute atomic E-state index is 0.831. The van der Waals surface area contributed by atoms with E-state index in [4.69, 9.17) is 0 Å². The molecule has 1 aromatic carbocycles. The van der Waals surface area contributed by atoms with Gasteiger partial charge < -0.3 is 10.2 Å². The zero-order valence-electron chi connectivity index (χ0n) is 14.7. The first-order valence-electron chi connectivity index (χ1n) is 8.85. The molecule has 2 heterocycles. The smallest absolute Gasteiger partial charge is 0.134 e. The van der Waals surface area contributed by atoms with Gasteiger partial charge in [0.15, 0.2) is 0 Å². The van der Waals surface area contributed by atoms with Crippen molar-refractivity contribution in [1.82, 2.24) is 14.9 Å². The van der Waals surface area contributed by atoms with Gasteiger partial charge in [-0.05, 0) is 18.9 Å². The topological polar surface area (TPSA) is 44.3 Å². The maximum atomic E-state index is 4.63. The Morgan fingerprint density at radius 1 is 1.04 bits per heavy atom. The van der Waals surface area contributed by atoms with E-state index in [1.165, 1.54) is 5.56 Å². The first-order chi connectivity index (χ1) is 11.7. The Bertz CT molecular complexity index is 635. The van der Waals surface area contributed by atoms with Crippen LogP contribution >= 0.6 is 0 Å². The monoisotopic (exact) mass is 325 g/mol. The summed E-state index contributed by atoms with van der Waals surface area (Å²) >= 11 is 0. The van der Waals surface area contributed by atoms with Crippen molar-refractivity contribution >= 4 is 11.6 Å². The Morgan fingerprint density at radius 2 is 1.79 bits per heavy atom. The van der Waals surface area contributed by atoms with Crippen molar-refractivity contribution < 1.29 is 0 Å². The second-order valence-corrected chi connectivity index (χ2v) is 6.33. The second-order valence-electron chi connectivity index (χ2n) is 6.33. The van der Waals surface area contributed by atoms with Crippen molar-refractivity contribution in [3.8, 4) is 0 Å². The van der Waals surface area contributed by atoms with Gasteiger partial charge in [-0.25, -0.2) is 9.97 Å². The SMILES string of the molecule is CCCNc1cc(N2CCN(Cc3ccccc3)CC2)nc(C)n1. The van der Waals surface area contributed by atoms with Crippen LogP contribution in [-0.4, -0.2) is 47.6 Å². The van der Waals surface area contributed by atoms with E-state index >= 15 is 0 Å². The van der Waals surface area contributed by atoms with Crippen LogP contribution in [0, 0.1) is 6.92 Å². The molecule has 0 spiro atoms. The standard InChI is InChI=1S/C19H27N5/c1-3-9-20-18-14-19(22-16(2)21-18)24-12-10-23(11-13-24)15-17-7-5-4-6-8-17/h4-8,14H,3,9-13,15H2,1-2H3,(H,20,21,22). The summed E-state index contributed by atoms with van der Waals surface area (Å²) in [5, 5.41) is 3.37. The molecule has 0 aliphatic carbocycles. The maximum Gasteiger partial charge on any atom is 0.134 e. The van der Waals surface area contributed by atoms with Crippen LogP contribution < -0.4 is 10.2 Å². The summed E-state index contributed by atoms with van der Waals surface area (Å²) in [4.78, 5) is 14.0. The number of aryl methyl sites for hydroxylation is 1. The van der Waals surface area contributed by atoms with Crippen LogP contribution in [0.25, 0.3) is 0 Å². The molecule has 128 valence electrons. The predicted molar refractivity (Wildman–Crippen MR) is 99.5 cm³/mol. The minimum atomic E-state index is 0.831. The number of hydrogen-bond acceptors (Lipinski definition) is 5. The van der Waals surface area contributed by atoms with E-state index < -0.39 is 0 Å². The highest BCUT2D eigenvalue weighted by atomic mass is 15.3. The van der Waals surface area contributed by atoms with E-state index in [2.05, 4.69) is 68.4 Å². The Kier molecular flexibility index (Phi) is 5.64. The van der Waals surface area contributed by atoms with Crippen molar-refractivity contribution in [3.63, 3.8) is 0 Å². The van der Waals surface area contributed by atoms with E-state index in [0.29, 0.717) is 0 Å². The summed E-state index contributed by atoms with van der Waals surface area (Å²) in [6.45, 7) is 10.3. The predicted octanol–water partition coefficient (Wildman–Crippen LogP) is 2.93. The molecule has 2 aromatic rings. The number of benzene rings is 1. The summed E-state index contributed by atoms with van der Waals surface area (Å²) in [6, 6.07) is 12.8. The number of rotatable bonds is 6. The Balaban J connectivity index is 1.59. The fourth-order valence-electron chi connectivity index (χ4n) is 3.03. The average molecular weight is 325 g/mol. The van der Waals surface area contributed by atoms with Gasteiger partial charge in [0, 0.05) is 45.3 Å². The molecule has 0 unspecified atom stereocenters. The van der Waals surface area contributed by atoms with E-state index in [0.717, 1.165) is 63.1 Å². The Labute approximate surface area is 144 Å². The molecular formula is C19H27N5. The fraction of sp³-hybridized carbons (Fsp3) is 0.474. The molecule has 3 rings (SSSR count). The molecule has 24 heavy (non-hydrogen) atoms. The molecule has 1 aliphatic heterocycles. The average Bonchev–Trinajstić information content (AvgIpc) is 2.61. The number of piperazine rings is 1. The molecule has 0 saturated carbocycles. The van der Waals surface area contributed by atoms with E-state index in [-0.39, 0.29) is 0 Å². The van der Waals surface area contributed by atoms with Crippen LogP contribution in [0.2, 0.25) is 0 Å². The van der Waals surface area contributed by atoms with Gasteiger partial charge in [0.2, 0.25) is 0 Å². The van der Waals surface area contributed by atoms with Crippen molar-refractivity contribution in [2.75, 3.05) is 42.9 Å². The summed E-state index contributed by atoms with van der Waals surface area (Å²) in [6.07, 6.45) is 1.09. The lowest BCUT2D eigenvalue weighted by Crippen LogP contribution is -2.46. The zero-order valence-corrected chi connectivity index (χ0v) is 14.7. The van der Waals surface area contributed by atoms with Gasteiger partial charge in [0.05, 0.1) is 0 Å². The third-order valence-corrected chi connectivity index (χ3v) is 4.33. The largest absolute Gasteiger partial charge is 0.370 e. The van der Waals surface area contributed by atoms with E-state index in [9.17, 15) is 0 Å². The van der Waals surface area contributed by atoms with Crippen LogP contribution in [0.1, 0.15) is 24.7 Å². The molecule has 1 saturated heterocycles. The van der Waals surface area contributed by atoms with Gasteiger partial charge in [-0.3, -0.25) is 4.90 Å². The molecule has 5 nitrogen and oxygen atoms in total. The third-order valence-electron chi connectivity index (χ3n) is 4.33. The number of hydrogen-bond donors (Lipinski definition) is 1. The molecule has 0 radical (unpaired) electrons. The summed E-state index contributed by atoms with van der Waals surface area (Å²) < 4.78 is 0. The van der Waals surface area contributed by atoms with Crippen LogP contribution in [-0.2, 0) is 6.54 Å². The first-order valence-corrected chi connectivity index (χ1v) is 8.85. The highest BCUT2D eigenvalue weighted by Crippen LogP contribution is 2.18. The van der Waals surface area contributed by atoms with Crippen molar-refractivity contribution in [1.29, 1.82) is 0 Å². The zero-order chi connectivity index (χ0) is 16.8. The fourth-order valence-corrected chi connectivity index (χ4v) is 3.03. The van der Waals surface area contributed by atoms with Gasteiger partial charge in [-0.15, -0.1) is 0 Å². The van der Waals surface area contributed by atoms with Gasteiger partial charge in [0.25, 0.3) is 0 Å². The van der Waals surface area contributed by atoms with Crippen LogP contribution in [0.15, 0.2) is 36.4 Å². The second kappa shape index (κ2) is 8.11. The summed E-state index contributed by atoms with van der Waals surface area (Å²) in [5.41, 5.74) is 1.38. The van der Waals surface area contributed by atoms with Gasteiger partial charge in [-0.1, -0.05) is 37.3 Å². The molecule has 0 atom stereocenters. The number of aromatic nitrogens is 2. The molecule has 1 fully saturated rings. The lowest BCUT2D eigenvalue weighted by atomic mass is 10.2. The third kappa shape index (κ3) is 4.45. The highest BCUT2D eigenvalue weighted by molar-refractivity contribution is 5.49. The number of anilines is 2. The quantitative estimate of drug-likeness (QED) is 0.885. The van der Waals surface area contributed by atoms with Crippen LogP contribution in [0.4, 0.5) is 11.6 Å². The summed E-state index contributed by atoms with van der Waals surface area (Å²) in [7, 11) is 0. The Morgan fingerprint density at radius 3 is 2.50 bits per heavy atom. The van der Waals surface area contributed by atoms with Crippen molar-refractivity contribution in [2.24, 2.45) is 0 Å². The van der Waals surface area contributed by atoms with Crippen molar-refractivity contribution in [2.45, 2.75) is 26.8 Å². The van der Waals surface area contributed by atoms with Crippen molar-refractivity contribution in [3.05, 3.63) is 47.8 Å². The molecule has 0 bridgehead atoms. The first kappa shape index (κ1) is 16.7. The Hall–Kier alpha value is -2.14. The van der Waals surface area contributed by atoms with Gasteiger partial charge in [-0.2, -0.15) is 0 Å². The molecule has 1 N–H and O–H groups in total. The molecular weight excluding hydrogens is 298 g/mol. The number of nitrogens with zero attached hydrogens (tertiary/aromatic N) is 4. The number of nitrogens with one attached hydrogen (secondary N) is 1. The molecule has 0 amide bonds. The lowest BCUT2D eigenvalue weighted by molar-refractivity contribution is 0.249. The van der Waals surface area contributed by atoms with Crippen LogP contribution in [0.3, 0.4) is 0 Å². The van der Waals surface area contributed by atoms with Gasteiger partial charge >= 0.3 is 0 Å². The van der Waals surface area contributed by atoms with E-state index in [1.54, 1.807) is 0 Å². The van der Waals surface area contributed by atoms with Gasteiger partial charge in [0.1, 0.15) is 17.5 Å².